The number of phenolic OH excluding ortho intramolecular Hbond substituents is 1. The summed E-state index contributed by atoms with van der Waals surface area (Å²) in [7, 11) is 0. The molecule has 0 saturated heterocycles. The van der Waals surface area contributed by atoms with Gasteiger partial charge in [0.25, 0.3) is 11.6 Å². The van der Waals surface area contributed by atoms with Crippen molar-refractivity contribution >= 4 is 11.2 Å². The molecule has 0 aliphatic rings. The maximum absolute atomic E-state index is 10.0. The number of phenols is 1. The van der Waals surface area contributed by atoms with E-state index in [-0.39, 0.29) is 17.5 Å². The Kier molecular flexibility index (Phi) is 5.03. The van der Waals surface area contributed by atoms with E-state index in [1.165, 1.54) is 0 Å². The highest BCUT2D eigenvalue weighted by Gasteiger charge is 2.19. The maximum Gasteiger partial charge on any atom is 0.328 e. The Morgan fingerprint density at radius 2 is 1.72 bits per heavy atom. The summed E-state index contributed by atoms with van der Waals surface area (Å²) in [6.07, 6.45) is 0.821. The summed E-state index contributed by atoms with van der Waals surface area (Å²) in [5.74, 6) is 1.55. The molecular formula is C22H21N3O4. The number of hydrogen-bond acceptors (Lipinski definition) is 7. The fraction of sp³-hybridized carbons (Fsp3) is 0.227. The van der Waals surface area contributed by atoms with Crippen molar-refractivity contribution in [3.63, 3.8) is 0 Å². The van der Waals surface area contributed by atoms with Crippen molar-refractivity contribution in [2.75, 3.05) is 6.61 Å². The van der Waals surface area contributed by atoms with Gasteiger partial charge >= 0.3 is 6.01 Å². The number of rotatable bonds is 6. The first-order chi connectivity index (χ1) is 14.0. The van der Waals surface area contributed by atoms with E-state index in [4.69, 9.17) is 13.9 Å². The molecule has 0 saturated carbocycles. The summed E-state index contributed by atoms with van der Waals surface area (Å²) in [5, 5.41) is 10.0. The molecule has 148 valence electrons. The van der Waals surface area contributed by atoms with Crippen molar-refractivity contribution < 1.29 is 19.0 Å². The van der Waals surface area contributed by atoms with E-state index in [9.17, 15) is 5.11 Å². The Bertz CT molecular complexity index is 1130. The smallest absolute Gasteiger partial charge is 0.328 e. The third-order valence-corrected chi connectivity index (χ3v) is 4.34. The summed E-state index contributed by atoms with van der Waals surface area (Å²) in [5.41, 5.74) is 2.92. The number of aromatic nitrogens is 3. The van der Waals surface area contributed by atoms with Crippen LogP contribution in [0.15, 0.2) is 46.9 Å². The molecule has 4 rings (SSSR count). The van der Waals surface area contributed by atoms with Crippen LogP contribution in [0.3, 0.4) is 0 Å². The van der Waals surface area contributed by atoms with Crippen LogP contribution in [0, 0.1) is 13.8 Å². The van der Waals surface area contributed by atoms with E-state index >= 15 is 0 Å². The molecule has 2 aromatic heterocycles. The Morgan fingerprint density at radius 1 is 1.00 bits per heavy atom. The highest BCUT2D eigenvalue weighted by molar-refractivity contribution is 5.78. The zero-order valence-corrected chi connectivity index (χ0v) is 16.5. The van der Waals surface area contributed by atoms with E-state index < -0.39 is 0 Å². The number of ether oxygens (including phenoxy) is 2. The van der Waals surface area contributed by atoms with Gasteiger partial charge in [-0.15, -0.1) is 0 Å². The van der Waals surface area contributed by atoms with Crippen LogP contribution < -0.4 is 9.47 Å². The molecule has 2 aromatic carbocycles. The fourth-order valence-corrected chi connectivity index (χ4v) is 2.92. The topological polar surface area (TPSA) is 90.5 Å². The van der Waals surface area contributed by atoms with Gasteiger partial charge in [0.1, 0.15) is 11.5 Å². The van der Waals surface area contributed by atoms with Crippen LogP contribution >= 0.6 is 0 Å². The first kappa shape index (κ1) is 18.7. The lowest BCUT2D eigenvalue weighted by molar-refractivity contribution is 0.302. The predicted octanol–water partition coefficient (Wildman–Crippen LogP) is 5.19. The minimum atomic E-state index is 0.121. The first-order valence-corrected chi connectivity index (χ1v) is 9.40. The number of oxazole rings is 1. The molecular weight excluding hydrogens is 370 g/mol. The van der Waals surface area contributed by atoms with E-state index in [1.807, 2.05) is 63.2 Å². The molecule has 4 aromatic rings. The Hall–Kier alpha value is -3.61. The molecule has 0 radical (unpaired) electrons. The average molecular weight is 391 g/mol. The average Bonchev–Trinajstić information content (AvgIpc) is 3.15. The van der Waals surface area contributed by atoms with Gasteiger partial charge < -0.3 is 19.0 Å². The normalized spacial score (nSPS) is 11.0. The van der Waals surface area contributed by atoms with E-state index in [0.717, 1.165) is 23.1 Å². The lowest BCUT2D eigenvalue weighted by atomic mass is 10.1. The van der Waals surface area contributed by atoms with E-state index in [2.05, 4.69) is 15.0 Å². The molecule has 7 nitrogen and oxygen atoms in total. The van der Waals surface area contributed by atoms with Crippen molar-refractivity contribution in [2.24, 2.45) is 0 Å². The van der Waals surface area contributed by atoms with Crippen molar-refractivity contribution in [1.29, 1.82) is 0 Å². The second kappa shape index (κ2) is 7.79. The lowest BCUT2D eigenvalue weighted by Gasteiger charge is -2.06. The van der Waals surface area contributed by atoms with Crippen LogP contribution in [0.1, 0.15) is 24.5 Å². The summed E-state index contributed by atoms with van der Waals surface area (Å²) in [6.45, 7) is 6.15. The standard InChI is InChI=1S/C22H21N3O4/c1-4-10-27-20-17-21(25-22(24-20)28-16-8-6-5-7-9-16)29-19(23-17)15-11-13(2)18(26)14(3)12-15/h5-9,11-12,26H,4,10H2,1-3H3. The van der Waals surface area contributed by atoms with Gasteiger partial charge in [0.2, 0.25) is 5.89 Å². The van der Waals surface area contributed by atoms with Crippen LogP contribution in [0.5, 0.6) is 23.4 Å². The number of nitrogens with zero attached hydrogens (tertiary/aromatic N) is 3. The molecule has 0 bridgehead atoms. The van der Waals surface area contributed by atoms with Gasteiger partial charge in [0.05, 0.1) is 6.61 Å². The fourth-order valence-electron chi connectivity index (χ4n) is 2.92. The molecule has 0 atom stereocenters. The highest BCUT2D eigenvalue weighted by atomic mass is 16.5. The predicted molar refractivity (Wildman–Crippen MR) is 108 cm³/mol. The van der Waals surface area contributed by atoms with Crippen molar-refractivity contribution in [2.45, 2.75) is 27.2 Å². The van der Waals surface area contributed by atoms with Gasteiger partial charge in [-0.2, -0.15) is 9.97 Å². The van der Waals surface area contributed by atoms with Gasteiger partial charge in [-0.05, 0) is 55.7 Å². The third-order valence-electron chi connectivity index (χ3n) is 4.34. The molecule has 2 heterocycles. The Labute approximate surface area is 168 Å². The molecule has 29 heavy (non-hydrogen) atoms. The number of fused-ring (bicyclic) bond motifs is 1. The van der Waals surface area contributed by atoms with Gasteiger partial charge in [0.15, 0.2) is 5.52 Å². The number of benzene rings is 2. The zero-order valence-electron chi connectivity index (χ0n) is 16.5. The SMILES string of the molecule is CCCOc1nc(Oc2ccccc2)nc2oc(-c3cc(C)c(O)c(C)c3)nc12. The van der Waals surface area contributed by atoms with Crippen LogP contribution in [-0.2, 0) is 0 Å². The van der Waals surface area contributed by atoms with E-state index in [0.29, 0.717) is 29.6 Å². The number of hydrogen-bond donors (Lipinski definition) is 1. The monoisotopic (exact) mass is 391 g/mol. The minimum absolute atomic E-state index is 0.121. The van der Waals surface area contributed by atoms with Gasteiger partial charge in [-0.3, -0.25) is 0 Å². The number of aromatic hydroxyl groups is 1. The van der Waals surface area contributed by atoms with Crippen LogP contribution in [0.4, 0.5) is 0 Å². The minimum Gasteiger partial charge on any atom is -0.507 e. The molecule has 0 fully saturated rings. The van der Waals surface area contributed by atoms with Crippen molar-refractivity contribution in [3.05, 3.63) is 53.6 Å². The molecule has 0 unspecified atom stereocenters. The summed E-state index contributed by atoms with van der Waals surface area (Å²) >= 11 is 0. The largest absolute Gasteiger partial charge is 0.507 e. The summed E-state index contributed by atoms with van der Waals surface area (Å²) in [4.78, 5) is 13.3. The third kappa shape index (κ3) is 3.85. The quantitative estimate of drug-likeness (QED) is 0.484. The Morgan fingerprint density at radius 3 is 2.41 bits per heavy atom. The number of aryl methyl sites for hydroxylation is 2. The molecule has 7 heteroatoms. The molecule has 0 spiro atoms. The molecule has 0 amide bonds. The maximum atomic E-state index is 10.0. The zero-order chi connectivity index (χ0) is 20.4. The number of para-hydroxylation sites is 1. The molecule has 1 N–H and O–H groups in total. The van der Waals surface area contributed by atoms with Gasteiger partial charge in [-0.1, -0.05) is 25.1 Å². The van der Waals surface area contributed by atoms with Crippen LogP contribution in [0.25, 0.3) is 22.7 Å². The molecule has 0 aliphatic heterocycles. The second-order valence-corrected chi connectivity index (χ2v) is 6.71. The van der Waals surface area contributed by atoms with Crippen molar-refractivity contribution in [1.82, 2.24) is 15.0 Å². The second-order valence-electron chi connectivity index (χ2n) is 6.71. The highest BCUT2D eigenvalue weighted by Crippen LogP contribution is 2.33. The Balaban J connectivity index is 1.79. The van der Waals surface area contributed by atoms with Crippen molar-refractivity contribution in [3.8, 4) is 34.8 Å². The molecule has 0 aliphatic carbocycles. The van der Waals surface area contributed by atoms with Gasteiger partial charge in [0, 0.05) is 5.56 Å². The van der Waals surface area contributed by atoms with Gasteiger partial charge in [-0.25, -0.2) is 4.98 Å². The van der Waals surface area contributed by atoms with E-state index in [1.54, 1.807) is 0 Å². The summed E-state index contributed by atoms with van der Waals surface area (Å²) < 4.78 is 17.4. The lowest BCUT2D eigenvalue weighted by Crippen LogP contribution is -2.01. The first-order valence-electron chi connectivity index (χ1n) is 9.40. The summed E-state index contributed by atoms with van der Waals surface area (Å²) in [6, 6.07) is 13.0. The van der Waals surface area contributed by atoms with Crippen LogP contribution in [-0.4, -0.2) is 26.7 Å². The van der Waals surface area contributed by atoms with Crippen LogP contribution in [0.2, 0.25) is 0 Å².